The first-order valence-electron chi connectivity index (χ1n) is 13.0. The molecular formula is C31H32BBrCl2N6O2S. The molecule has 0 unspecified atom stereocenters. The molecule has 8 nitrogen and oxygen atoms in total. The molecule has 2 aromatic carbocycles. The summed E-state index contributed by atoms with van der Waals surface area (Å²) in [5, 5.41) is 18.5. The third-order valence-electron chi connectivity index (χ3n) is 6.55. The van der Waals surface area contributed by atoms with E-state index in [4.69, 9.17) is 54.5 Å². The Balaban J connectivity index is 0.000000238. The maximum absolute atomic E-state index is 8.84. The molecule has 0 radical (unpaired) electrons. The van der Waals surface area contributed by atoms with Gasteiger partial charge in [-0.15, -0.1) is 0 Å². The van der Waals surface area contributed by atoms with Crippen LogP contribution in [0.2, 0.25) is 10.0 Å². The zero-order chi connectivity index (χ0) is 33.1. The Labute approximate surface area is 283 Å². The number of nitrogen functional groups attached to an aromatic ring is 2. The van der Waals surface area contributed by atoms with Gasteiger partial charge in [0, 0.05) is 34.8 Å². The van der Waals surface area contributed by atoms with Crippen LogP contribution in [0.5, 0.6) is 0 Å². The van der Waals surface area contributed by atoms with Crippen molar-refractivity contribution in [1.82, 2.24) is 9.97 Å². The SMILES string of the molecule is CC1(C)OB(c2ccc(C#N)c(Cl)c2)OC1(C)C.CS.N#Cc1ccc(-c2cncc(N)c2)cc1Cl.Nc1cncc(Br)c1. The molecule has 1 aliphatic rings. The van der Waals surface area contributed by atoms with Gasteiger partial charge in [0.1, 0.15) is 12.1 Å². The van der Waals surface area contributed by atoms with Crippen molar-refractivity contribution >= 4 is 75.7 Å². The van der Waals surface area contributed by atoms with Gasteiger partial charge in [-0.25, -0.2) is 0 Å². The number of hydrogen-bond acceptors (Lipinski definition) is 9. The van der Waals surface area contributed by atoms with Gasteiger partial charge >= 0.3 is 7.12 Å². The predicted octanol–water partition coefficient (Wildman–Crippen LogP) is 7.34. The molecule has 4 aromatic rings. The molecule has 228 valence electrons. The molecular weight excluding hydrogens is 682 g/mol. The molecule has 3 heterocycles. The molecule has 0 bridgehead atoms. The molecule has 0 atom stereocenters. The quantitative estimate of drug-likeness (QED) is 0.145. The minimum atomic E-state index is -0.444. The molecule has 1 saturated heterocycles. The van der Waals surface area contributed by atoms with Crippen molar-refractivity contribution in [3.05, 3.63) is 99.0 Å². The second-order valence-corrected chi connectivity index (χ2v) is 11.9. The van der Waals surface area contributed by atoms with Crippen molar-refractivity contribution in [3.63, 3.8) is 0 Å². The zero-order valence-corrected chi connectivity index (χ0v) is 28.8. The van der Waals surface area contributed by atoms with Crippen molar-refractivity contribution in [2.24, 2.45) is 0 Å². The Morgan fingerprint density at radius 3 is 1.68 bits per heavy atom. The average molecular weight is 714 g/mol. The van der Waals surface area contributed by atoms with Crippen LogP contribution in [-0.2, 0) is 9.31 Å². The second-order valence-electron chi connectivity index (χ2n) is 10.2. The first kappa shape index (κ1) is 36.9. The van der Waals surface area contributed by atoms with E-state index in [1.165, 1.54) is 0 Å². The van der Waals surface area contributed by atoms with Crippen LogP contribution in [-0.4, -0.2) is 34.5 Å². The van der Waals surface area contributed by atoms with E-state index in [-0.39, 0.29) is 11.2 Å². The average Bonchev–Trinajstić information content (AvgIpc) is 3.21. The van der Waals surface area contributed by atoms with E-state index >= 15 is 0 Å². The van der Waals surface area contributed by atoms with Gasteiger partial charge in [0.25, 0.3) is 0 Å². The Morgan fingerprint density at radius 2 is 1.25 bits per heavy atom. The Bertz CT molecular complexity index is 1630. The van der Waals surface area contributed by atoms with Crippen LogP contribution in [0.1, 0.15) is 38.8 Å². The number of aromatic nitrogens is 2. The summed E-state index contributed by atoms with van der Waals surface area (Å²) in [4.78, 5) is 7.81. The highest BCUT2D eigenvalue weighted by atomic mass is 79.9. The molecule has 0 saturated carbocycles. The van der Waals surface area contributed by atoms with E-state index in [2.05, 4.69) is 38.5 Å². The molecule has 0 aliphatic carbocycles. The number of rotatable bonds is 2. The highest BCUT2D eigenvalue weighted by Gasteiger charge is 2.51. The summed E-state index contributed by atoms with van der Waals surface area (Å²) in [5.41, 5.74) is 15.1. The number of benzene rings is 2. The van der Waals surface area contributed by atoms with Crippen LogP contribution in [0.25, 0.3) is 11.1 Å². The lowest BCUT2D eigenvalue weighted by Gasteiger charge is -2.32. The van der Waals surface area contributed by atoms with Crippen LogP contribution in [0.3, 0.4) is 0 Å². The summed E-state index contributed by atoms with van der Waals surface area (Å²) in [6.07, 6.45) is 8.27. The van der Waals surface area contributed by atoms with Gasteiger partial charge in [-0.2, -0.15) is 23.2 Å². The lowest BCUT2D eigenvalue weighted by molar-refractivity contribution is 0.00578. The van der Waals surface area contributed by atoms with Crippen LogP contribution in [0.15, 0.2) is 77.8 Å². The number of nitrogens with two attached hydrogens (primary N) is 2. The van der Waals surface area contributed by atoms with Gasteiger partial charge in [0.15, 0.2) is 0 Å². The number of pyridine rings is 2. The minimum absolute atomic E-state index is 0.377. The largest absolute Gasteiger partial charge is 0.494 e. The third kappa shape index (κ3) is 10.1. The van der Waals surface area contributed by atoms with Crippen LogP contribution >= 0.6 is 51.8 Å². The van der Waals surface area contributed by atoms with E-state index < -0.39 is 7.12 Å². The van der Waals surface area contributed by atoms with Crippen molar-refractivity contribution in [3.8, 4) is 23.3 Å². The van der Waals surface area contributed by atoms with E-state index in [1.807, 2.05) is 58.0 Å². The van der Waals surface area contributed by atoms with Gasteiger partial charge in [0.05, 0.1) is 43.7 Å². The summed E-state index contributed by atoms with van der Waals surface area (Å²) in [6.45, 7) is 7.99. The number of thiol groups is 1. The van der Waals surface area contributed by atoms with Crippen molar-refractivity contribution in [2.75, 3.05) is 17.7 Å². The van der Waals surface area contributed by atoms with Crippen molar-refractivity contribution < 1.29 is 9.31 Å². The molecule has 1 aliphatic heterocycles. The van der Waals surface area contributed by atoms with Crippen molar-refractivity contribution in [1.29, 1.82) is 10.5 Å². The van der Waals surface area contributed by atoms with Gasteiger partial charge in [-0.1, -0.05) is 35.3 Å². The first-order chi connectivity index (χ1) is 20.8. The van der Waals surface area contributed by atoms with Crippen LogP contribution < -0.4 is 16.9 Å². The minimum Gasteiger partial charge on any atom is -0.399 e. The van der Waals surface area contributed by atoms with Gasteiger partial charge in [-0.05, 0) is 97.3 Å². The third-order valence-corrected chi connectivity index (χ3v) is 7.61. The maximum atomic E-state index is 8.84. The molecule has 44 heavy (non-hydrogen) atoms. The van der Waals surface area contributed by atoms with Gasteiger partial charge in [0.2, 0.25) is 0 Å². The number of hydrogen-bond donors (Lipinski definition) is 3. The maximum Gasteiger partial charge on any atom is 0.494 e. The van der Waals surface area contributed by atoms with E-state index in [1.54, 1.807) is 61.4 Å². The topological polar surface area (TPSA) is 144 Å². The first-order valence-corrected chi connectivity index (χ1v) is 15.5. The highest BCUT2D eigenvalue weighted by Crippen LogP contribution is 2.36. The standard InChI is InChI=1S/C13H15BClNO2.C12H8ClN3.C5H5BrN2.CH4S/c1-12(2)13(3,4)18-14(17-12)10-6-5-9(8-16)11(15)7-10;13-12-4-8(1-2-9(12)5-14)10-3-11(15)7-16-6-10;6-4-1-5(7)3-8-2-4;1-2/h5-7H,1-4H3;1-4,6-7H,15H2;1-3H,7H2;2H,1H3. The normalized spacial score (nSPS) is 13.8. The number of anilines is 2. The predicted molar refractivity (Wildman–Crippen MR) is 187 cm³/mol. The molecule has 0 amide bonds. The lowest BCUT2D eigenvalue weighted by atomic mass is 9.79. The Morgan fingerprint density at radius 1 is 0.750 bits per heavy atom. The fourth-order valence-corrected chi connectivity index (χ4v) is 4.41. The monoisotopic (exact) mass is 712 g/mol. The zero-order valence-electron chi connectivity index (χ0n) is 24.8. The second kappa shape index (κ2) is 16.7. The molecule has 2 aromatic heterocycles. The summed E-state index contributed by atoms with van der Waals surface area (Å²) in [5.74, 6) is 0. The molecule has 4 N–H and O–H groups in total. The highest BCUT2D eigenvalue weighted by molar-refractivity contribution is 9.10. The van der Waals surface area contributed by atoms with E-state index in [0.717, 1.165) is 21.1 Å². The van der Waals surface area contributed by atoms with E-state index in [9.17, 15) is 0 Å². The number of halogens is 3. The Hall–Kier alpha value is -3.29. The molecule has 5 rings (SSSR count). The summed E-state index contributed by atoms with van der Waals surface area (Å²) in [7, 11) is -0.444. The van der Waals surface area contributed by atoms with Crippen LogP contribution in [0.4, 0.5) is 11.4 Å². The fraction of sp³-hybridized carbons (Fsp3) is 0.226. The summed E-state index contributed by atoms with van der Waals surface area (Å²) >= 11 is 18.7. The number of nitrogens with zero attached hydrogens (tertiary/aromatic N) is 4. The van der Waals surface area contributed by atoms with Crippen molar-refractivity contribution in [2.45, 2.75) is 38.9 Å². The number of nitriles is 2. The Kier molecular flexibility index (Phi) is 14.0. The van der Waals surface area contributed by atoms with E-state index in [0.29, 0.717) is 32.5 Å². The fourth-order valence-electron chi connectivity index (χ4n) is 3.58. The molecule has 1 fully saturated rings. The molecule has 0 spiro atoms. The lowest BCUT2D eigenvalue weighted by Crippen LogP contribution is -2.41. The van der Waals surface area contributed by atoms with Crippen LogP contribution in [0, 0.1) is 22.7 Å². The smallest absolute Gasteiger partial charge is 0.399 e. The van der Waals surface area contributed by atoms with Gasteiger partial charge in [-0.3, -0.25) is 9.97 Å². The molecule has 13 heteroatoms. The summed E-state index contributed by atoms with van der Waals surface area (Å²) in [6, 6.07) is 18.1. The summed E-state index contributed by atoms with van der Waals surface area (Å²) < 4.78 is 12.7. The van der Waals surface area contributed by atoms with Gasteiger partial charge < -0.3 is 20.8 Å².